The number of likely N-dealkylation sites (N-methyl/N-ethyl adjacent to an activating group) is 1. The molecule has 0 spiro atoms. The number of carbonyl (C=O) groups excluding carboxylic acids is 1. The lowest BCUT2D eigenvalue weighted by atomic mass is 10.2. The predicted octanol–water partition coefficient (Wildman–Crippen LogP) is 2.11. The van der Waals surface area contributed by atoms with Gasteiger partial charge in [-0.05, 0) is 31.7 Å². The third-order valence-corrected chi connectivity index (χ3v) is 3.42. The number of benzene rings is 1. The van der Waals surface area contributed by atoms with E-state index in [1.165, 1.54) is 0 Å². The minimum Gasteiger partial charge on any atom is -0.321 e. The maximum atomic E-state index is 12.3. The number of rotatable bonds is 4. The maximum Gasteiger partial charge on any atom is 0.324 e. The van der Waals surface area contributed by atoms with Crippen LogP contribution in [-0.2, 0) is 0 Å². The van der Waals surface area contributed by atoms with Crippen molar-refractivity contribution in [2.75, 3.05) is 38.1 Å². The van der Waals surface area contributed by atoms with Crippen molar-refractivity contribution in [1.82, 2.24) is 10.2 Å². The van der Waals surface area contributed by atoms with Crippen molar-refractivity contribution in [3.63, 3.8) is 0 Å². The van der Waals surface area contributed by atoms with Crippen LogP contribution in [0.4, 0.5) is 10.5 Å². The number of anilines is 1. The highest BCUT2D eigenvalue weighted by atomic mass is 35.5. The van der Waals surface area contributed by atoms with E-state index in [0.717, 1.165) is 37.4 Å². The number of carbonyl (C=O) groups is 1. The second kappa shape index (κ2) is 5.59. The van der Waals surface area contributed by atoms with Gasteiger partial charge in [0.1, 0.15) is 0 Å². The number of hydrogen-bond acceptors (Lipinski definition) is 2. The monoisotopic (exact) mass is 267 g/mol. The van der Waals surface area contributed by atoms with Crippen LogP contribution in [0.5, 0.6) is 0 Å². The van der Waals surface area contributed by atoms with Gasteiger partial charge in [0.2, 0.25) is 0 Å². The third kappa shape index (κ3) is 2.60. The van der Waals surface area contributed by atoms with E-state index in [1.807, 2.05) is 37.1 Å². The number of halogens is 1. The molecule has 0 unspecified atom stereocenters. The van der Waals surface area contributed by atoms with Crippen LogP contribution in [0.2, 0.25) is 5.02 Å². The number of urea groups is 1. The van der Waals surface area contributed by atoms with Gasteiger partial charge in [-0.1, -0.05) is 17.7 Å². The Bertz CT molecular complexity index is 450. The summed E-state index contributed by atoms with van der Waals surface area (Å²) in [5.41, 5.74) is 1.99. The molecule has 4 nitrogen and oxygen atoms in total. The predicted molar refractivity (Wildman–Crippen MR) is 74.4 cm³/mol. The van der Waals surface area contributed by atoms with Crippen molar-refractivity contribution in [1.29, 1.82) is 0 Å². The van der Waals surface area contributed by atoms with Crippen molar-refractivity contribution in [3.05, 3.63) is 28.8 Å². The lowest BCUT2D eigenvalue weighted by Gasteiger charge is -2.20. The molecule has 1 aliphatic rings. The van der Waals surface area contributed by atoms with Crippen LogP contribution in [0.15, 0.2) is 18.2 Å². The molecular weight excluding hydrogens is 250 g/mol. The van der Waals surface area contributed by atoms with Gasteiger partial charge in [0, 0.05) is 36.9 Å². The summed E-state index contributed by atoms with van der Waals surface area (Å²) in [4.78, 5) is 15.9. The molecule has 1 aromatic carbocycles. The molecule has 2 amide bonds. The van der Waals surface area contributed by atoms with Crippen molar-refractivity contribution >= 4 is 23.3 Å². The number of aryl methyl sites for hydroxylation is 1. The van der Waals surface area contributed by atoms with Crippen LogP contribution in [0, 0.1) is 6.92 Å². The topological polar surface area (TPSA) is 35.6 Å². The average Bonchev–Trinajstić information content (AvgIpc) is 2.71. The molecule has 0 aliphatic carbocycles. The standard InChI is InChI=1S/C13H18ClN3O/c1-10-3-4-11(14)9-12(10)17-8-7-16(13(17)18)6-5-15-2/h3-4,9,15H,5-8H2,1-2H3. The Labute approximate surface area is 113 Å². The molecule has 1 aromatic rings. The Morgan fingerprint density at radius 1 is 1.39 bits per heavy atom. The SMILES string of the molecule is CNCCN1CCN(c2cc(Cl)ccc2C)C1=O. The summed E-state index contributed by atoms with van der Waals surface area (Å²) in [5.74, 6) is 0. The smallest absolute Gasteiger partial charge is 0.321 e. The van der Waals surface area contributed by atoms with Crippen molar-refractivity contribution in [2.24, 2.45) is 0 Å². The van der Waals surface area contributed by atoms with Gasteiger partial charge < -0.3 is 10.2 Å². The van der Waals surface area contributed by atoms with E-state index in [9.17, 15) is 4.79 Å². The zero-order valence-corrected chi connectivity index (χ0v) is 11.5. The molecule has 18 heavy (non-hydrogen) atoms. The quantitative estimate of drug-likeness (QED) is 0.907. The van der Waals surface area contributed by atoms with Crippen molar-refractivity contribution < 1.29 is 4.79 Å². The summed E-state index contributed by atoms with van der Waals surface area (Å²) >= 11 is 6.00. The number of hydrogen-bond donors (Lipinski definition) is 1. The minimum atomic E-state index is 0.0654. The fourth-order valence-corrected chi connectivity index (χ4v) is 2.30. The maximum absolute atomic E-state index is 12.3. The fraction of sp³-hybridized carbons (Fsp3) is 0.462. The van der Waals surface area contributed by atoms with Gasteiger partial charge in [0.05, 0.1) is 0 Å². The number of amides is 2. The molecule has 1 heterocycles. The largest absolute Gasteiger partial charge is 0.324 e. The Morgan fingerprint density at radius 2 is 2.17 bits per heavy atom. The molecule has 98 valence electrons. The Hall–Kier alpha value is -1.26. The first-order valence-electron chi connectivity index (χ1n) is 6.10. The first-order chi connectivity index (χ1) is 8.63. The average molecular weight is 268 g/mol. The highest BCUT2D eigenvalue weighted by Crippen LogP contribution is 2.27. The highest BCUT2D eigenvalue weighted by molar-refractivity contribution is 6.31. The molecule has 1 saturated heterocycles. The zero-order valence-electron chi connectivity index (χ0n) is 10.7. The van der Waals surface area contributed by atoms with E-state index in [-0.39, 0.29) is 6.03 Å². The summed E-state index contributed by atoms with van der Waals surface area (Å²) in [6.07, 6.45) is 0. The lowest BCUT2D eigenvalue weighted by Crippen LogP contribution is -2.35. The lowest BCUT2D eigenvalue weighted by molar-refractivity contribution is 0.221. The fourth-order valence-electron chi connectivity index (χ4n) is 2.13. The normalized spacial score (nSPS) is 15.6. The third-order valence-electron chi connectivity index (χ3n) is 3.19. The van der Waals surface area contributed by atoms with Crippen LogP contribution in [0.1, 0.15) is 5.56 Å². The van der Waals surface area contributed by atoms with E-state index >= 15 is 0 Å². The highest BCUT2D eigenvalue weighted by Gasteiger charge is 2.29. The van der Waals surface area contributed by atoms with Crippen LogP contribution < -0.4 is 10.2 Å². The molecule has 1 fully saturated rings. The zero-order chi connectivity index (χ0) is 13.1. The Balaban J connectivity index is 2.15. The summed E-state index contributed by atoms with van der Waals surface area (Å²) in [7, 11) is 1.89. The molecule has 2 rings (SSSR count). The van der Waals surface area contributed by atoms with Gasteiger partial charge >= 0.3 is 6.03 Å². The summed E-state index contributed by atoms with van der Waals surface area (Å²) in [5, 5.41) is 3.72. The second-order valence-electron chi connectivity index (χ2n) is 4.46. The van der Waals surface area contributed by atoms with Gasteiger partial charge in [-0.3, -0.25) is 4.90 Å². The molecule has 0 bridgehead atoms. The van der Waals surface area contributed by atoms with E-state index in [1.54, 1.807) is 4.90 Å². The van der Waals surface area contributed by atoms with Gasteiger partial charge in [0.25, 0.3) is 0 Å². The number of nitrogens with one attached hydrogen (secondary N) is 1. The van der Waals surface area contributed by atoms with Crippen LogP contribution >= 0.6 is 11.6 Å². The van der Waals surface area contributed by atoms with Crippen LogP contribution in [0.25, 0.3) is 0 Å². The van der Waals surface area contributed by atoms with Gasteiger partial charge in [-0.25, -0.2) is 4.79 Å². The molecule has 0 aromatic heterocycles. The number of nitrogens with zero attached hydrogens (tertiary/aromatic N) is 2. The van der Waals surface area contributed by atoms with Crippen molar-refractivity contribution in [3.8, 4) is 0 Å². The summed E-state index contributed by atoms with van der Waals surface area (Å²) < 4.78 is 0. The van der Waals surface area contributed by atoms with Gasteiger partial charge in [0.15, 0.2) is 0 Å². The minimum absolute atomic E-state index is 0.0654. The molecule has 5 heteroatoms. The molecule has 1 aliphatic heterocycles. The Kier molecular flexibility index (Phi) is 4.09. The molecular formula is C13H18ClN3O. The molecule has 0 atom stereocenters. The molecule has 1 N–H and O–H groups in total. The van der Waals surface area contributed by atoms with E-state index < -0.39 is 0 Å². The van der Waals surface area contributed by atoms with E-state index in [2.05, 4.69) is 5.32 Å². The Morgan fingerprint density at radius 3 is 2.89 bits per heavy atom. The first kappa shape index (κ1) is 13.2. The van der Waals surface area contributed by atoms with E-state index in [4.69, 9.17) is 11.6 Å². The van der Waals surface area contributed by atoms with Crippen LogP contribution in [-0.4, -0.2) is 44.2 Å². The summed E-state index contributed by atoms with van der Waals surface area (Å²) in [6, 6.07) is 5.72. The molecule has 0 radical (unpaired) electrons. The summed E-state index contributed by atoms with van der Waals surface area (Å²) in [6.45, 7) is 5.05. The van der Waals surface area contributed by atoms with Gasteiger partial charge in [-0.2, -0.15) is 0 Å². The van der Waals surface area contributed by atoms with Crippen LogP contribution in [0.3, 0.4) is 0 Å². The van der Waals surface area contributed by atoms with Gasteiger partial charge in [-0.15, -0.1) is 0 Å². The van der Waals surface area contributed by atoms with Crippen molar-refractivity contribution in [2.45, 2.75) is 6.92 Å². The second-order valence-corrected chi connectivity index (χ2v) is 4.89. The molecule has 0 saturated carbocycles. The first-order valence-corrected chi connectivity index (χ1v) is 6.48. The van der Waals surface area contributed by atoms with E-state index in [0.29, 0.717) is 5.02 Å².